The zero-order valence-electron chi connectivity index (χ0n) is 12.8. The Balaban J connectivity index is 2.13. The zero-order chi connectivity index (χ0) is 15.2. The monoisotopic (exact) mass is 304 g/mol. The van der Waals surface area contributed by atoms with Crippen molar-refractivity contribution < 1.29 is 4.74 Å². The molecule has 0 aliphatic carbocycles. The molecule has 21 heavy (non-hydrogen) atoms. The van der Waals surface area contributed by atoms with E-state index in [1.54, 1.807) is 18.8 Å². The van der Waals surface area contributed by atoms with Crippen LogP contribution in [0.15, 0.2) is 23.4 Å². The number of nitrogens with zero attached hydrogens (tertiary/aromatic N) is 3. The smallest absolute Gasteiger partial charge is 0.322 e. The number of aromatic nitrogens is 3. The van der Waals surface area contributed by atoms with Gasteiger partial charge in [-0.2, -0.15) is 15.0 Å². The number of hydrogen-bond acceptors (Lipinski definition) is 6. The van der Waals surface area contributed by atoms with Gasteiger partial charge in [0.05, 0.1) is 6.61 Å². The molecule has 0 bridgehead atoms. The van der Waals surface area contributed by atoms with Crippen molar-refractivity contribution in [2.24, 2.45) is 0 Å². The first-order valence-corrected chi connectivity index (χ1v) is 7.86. The molecule has 0 spiro atoms. The fourth-order valence-electron chi connectivity index (χ4n) is 2.01. The summed E-state index contributed by atoms with van der Waals surface area (Å²) < 4.78 is 5.36. The lowest BCUT2D eigenvalue weighted by molar-refractivity contribution is 0.308. The molecule has 0 aliphatic heterocycles. The minimum Gasteiger partial charge on any atom is -0.464 e. The molecule has 0 radical (unpaired) electrons. The van der Waals surface area contributed by atoms with Crippen molar-refractivity contribution in [3.8, 4) is 6.01 Å². The van der Waals surface area contributed by atoms with E-state index in [0.29, 0.717) is 23.7 Å². The highest BCUT2D eigenvalue weighted by molar-refractivity contribution is 7.98. The lowest BCUT2D eigenvalue weighted by atomic mass is 10.1. The second-order valence-electron chi connectivity index (χ2n) is 4.69. The molecule has 6 heteroatoms. The number of nitrogens with one attached hydrogen (secondary N) is 1. The Bertz CT molecular complexity index is 598. The van der Waals surface area contributed by atoms with E-state index in [2.05, 4.69) is 52.3 Å². The third-order valence-electron chi connectivity index (χ3n) is 2.74. The Labute approximate surface area is 129 Å². The van der Waals surface area contributed by atoms with E-state index < -0.39 is 0 Å². The normalized spacial score (nSPS) is 10.5. The first kappa shape index (κ1) is 15.6. The SMILES string of the molecule is CCOc1nc(NC)nc(SCc2cc(C)cc(C)c2)n1. The maximum absolute atomic E-state index is 5.36. The first-order chi connectivity index (χ1) is 10.1. The van der Waals surface area contributed by atoms with E-state index in [0.717, 1.165) is 5.75 Å². The standard InChI is InChI=1S/C15H20N4OS/c1-5-20-14-17-13(16-4)18-15(19-14)21-9-12-7-10(2)6-11(3)8-12/h6-8H,5,9H2,1-4H3,(H,16,17,18,19). The first-order valence-electron chi connectivity index (χ1n) is 6.87. The topological polar surface area (TPSA) is 59.9 Å². The van der Waals surface area contributed by atoms with Crippen molar-refractivity contribution in [3.05, 3.63) is 34.9 Å². The summed E-state index contributed by atoms with van der Waals surface area (Å²) in [5, 5.41) is 3.59. The second-order valence-corrected chi connectivity index (χ2v) is 5.63. The van der Waals surface area contributed by atoms with Crippen LogP contribution < -0.4 is 10.1 Å². The minimum absolute atomic E-state index is 0.361. The van der Waals surface area contributed by atoms with Crippen LogP contribution >= 0.6 is 11.8 Å². The lowest BCUT2D eigenvalue weighted by Gasteiger charge is -2.07. The molecule has 1 aromatic carbocycles. The average Bonchev–Trinajstić information content (AvgIpc) is 2.44. The highest BCUT2D eigenvalue weighted by Gasteiger charge is 2.07. The van der Waals surface area contributed by atoms with Crippen molar-refractivity contribution in [1.29, 1.82) is 0 Å². The zero-order valence-corrected chi connectivity index (χ0v) is 13.6. The van der Waals surface area contributed by atoms with Gasteiger partial charge in [-0.15, -0.1) is 0 Å². The molecule has 1 heterocycles. The summed E-state index contributed by atoms with van der Waals surface area (Å²) in [6, 6.07) is 6.90. The minimum atomic E-state index is 0.361. The molecule has 0 saturated carbocycles. The third-order valence-corrected chi connectivity index (χ3v) is 3.66. The maximum Gasteiger partial charge on any atom is 0.322 e. The van der Waals surface area contributed by atoms with E-state index in [9.17, 15) is 0 Å². The van der Waals surface area contributed by atoms with Gasteiger partial charge in [0.25, 0.3) is 0 Å². The van der Waals surface area contributed by atoms with Gasteiger partial charge in [-0.1, -0.05) is 41.1 Å². The number of aryl methyl sites for hydroxylation is 2. The number of ether oxygens (including phenoxy) is 1. The summed E-state index contributed by atoms with van der Waals surface area (Å²) in [6.07, 6.45) is 0. The molecule has 0 saturated heterocycles. The van der Waals surface area contributed by atoms with Crippen LogP contribution in [0.3, 0.4) is 0 Å². The van der Waals surface area contributed by atoms with Gasteiger partial charge in [0.2, 0.25) is 5.95 Å². The van der Waals surface area contributed by atoms with Gasteiger partial charge in [0.15, 0.2) is 5.16 Å². The Morgan fingerprint density at radius 1 is 1.10 bits per heavy atom. The summed E-state index contributed by atoms with van der Waals surface area (Å²) in [5.74, 6) is 1.35. The van der Waals surface area contributed by atoms with E-state index >= 15 is 0 Å². The van der Waals surface area contributed by atoms with Crippen LogP contribution in [-0.2, 0) is 5.75 Å². The van der Waals surface area contributed by atoms with E-state index in [1.165, 1.54) is 16.7 Å². The van der Waals surface area contributed by atoms with E-state index in [-0.39, 0.29) is 0 Å². The number of anilines is 1. The summed E-state index contributed by atoms with van der Waals surface area (Å²) in [6.45, 7) is 6.66. The number of rotatable bonds is 6. The summed E-state index contributed by atoms with van der Waals surface area (Å²) in [5.41, 5.74) is 3.81. The third kappa shape index (κ3) is 4.60. The van der Waals surface area contributed by atoms with Crippen LogP contribution in [0.1, 0.15) is 23.6 Å². The summed E-state index contributed by atoms with van der Waals surface area (Å²) >= 11 is 1.58. The van der Waals surface area contributed by atoms with Crippen LogP contribution in [0.4, 0.5) is 5.95 Å². The number of thioether (sulfide) groups is 1. The van der Waals surface area contributed by atoms with Gasteiger partial charge in [0.1, 0.15) is 0 Å². The van der Waals surface area contributed by atoms with Crippen LogP contribution in [0.5, 0.6) is 6.01 Å². The quantitative estimate of drug-likeness (QED) is 0.827. The van der Waals surface area contributed by atoms with E-state index in [1.807, 2.05) is 6.92 Å². The predicted octanol–water partition coefficient (Wildman–Crippen LogP) is 3.22. The van der Waals surface area contributed by atoms with Gasteiger partial charge in [-0.05, 0) is 26.3 Å². The molecule has 1 N–H and O–H groups in total. The van der Waals surface area contributed by atoms with Crippen molar-refractivity contribution in [3.63, 3.8) is 0 Å². The van der Waals surface area contributed by atoms with Crippen LogP contribution in [-0.4, -0.2) is 28.6 Å². The van der Waals surface area contributed by atoms with Gasteiger partial charge in [-0.25, -0.2) is 0 Å². The summed E-state index contributed by atoms with van der Waals surface area (Å²) in [7, 11) is 1.78. The van der Waals surface area contributed by atoms with Crippen LogP contribution in [0.25, 0.3) is 0 Å². The number of hydrogen-bond donors (Lipinski definition) is 1. The Hall–Kier alpha value is -1.82. The summed E-state index contributed by atoms with van der Waals surface area (Å²) in [4.78, 5) is 12.8. The van der Waals surface area contributed by atoms with Crippen molar-refractivity contribution in [1.82, 2.24) is 15.0 Å². The van der Waals surface area contributed by atoms with Crippen molar-refractivity contribution in [2.45, 2.75) is 31.7 Å². The molecular weight excluding hydrogens is 284 g/mol. The molecule has 0 fully saturated rings. The van der Waals surface area contributed by atoms with Gasteiger partial charge in [-0.3, -0.25) is 0 Å². The highest BCUT2D eigenvalue weighted by Crippen LogP contribution is 2.23. The molecule has 0 atom stereocenters. The molecule has 112 valence electrons. The largest absolute Gasteiger partial charge is 0.464 e. The molecule has 0 amide bonds. The molecule has 0 aliphatic rings. The van der Waals surface area contributed by atoms with Gasteiger partial charge < -0.3 is 10.1 Å². The number of benzene rings is 1. The van der Waals surface area contributed by atoms with Gasteiger partial charge in [0, 0.05) is 12.8 Å². The van der Waals surface area contributed by atoms with Crippen molar-refractivity contribution >= 4 is 17.7 Å². The second kappa shape index (κ2) is 7.26. The Morgan fingerprint density at radius 2 is 1.81 bits per heavy atom. The maximum atomic E-state index is 5.36. The fraction of sp³-hybridized carbons (Fsp3) is 0.400. The Morgan fingerprint density at radius 3 is 2.43 bits per heavy atom. The highest BCUT2D eigenvalue weighted by atomic mass is 32.2. The van der Waals surface area contributed by atoms with Crippen LogP contribution in [0.2, 0.25) is 0 Å². The van der Waals surface area contributed by atoms with Crippen LogP contribution in [0, 0.1) is 13.8 Å². The van der Waals surface area contributed by atoms with Gasteiger partial charge >= 0.3 is 6.01 Å². The fourth-order valence-corrected chi connectivity index (χ4v) is 2.76. The molecule has 0 unspecified atom stereocenters. The average molecular weight is 304 g/mol. The molecule has 1 aromatic heterocycles. The Kier molecular flexibility index (Phi) is 5.38. The van der Waals surface area contributed by atoms with Crippen molar-refractivity contribution in [2.75, 3.05) is 19.0 Å². The van der Waals surface area contributed by atoms with E-state index in [4.69, 9.17) is 4.74 Å². The predicted molar refractivity (Wildman–Crippen MR) is 86.0 cm³/mol. The molecule has 2 aromatic rings. The lowest BCUT2D eigenvalue weighted by Crippen LogP contribution is -2.04. The molecule has 5 nitrogen and oxygen atoms in total. The molecular formula is C15H20N4OS. The molecule has 2 rings (SSSR count).